The van der Waals surface area contributed by atoms with Crippen LogP contribution in [0.2, 0.25) is 0 Å². The van der Waals surface area contributed by atoms with Crippen molar-refractivity contribution in [2.75, 3.05) is 12.5 Å². The SMILES string of the molecule is CSC(SC)=C1CCc2ncc(-c3ccccc3)cc2C1=O. The maximum absolute atomic E-state index is 12.8. The Morgan fingerprint density at radius 2 is 1.77 bits per heavy atom. The molecule has 1 aliphatic carbocycles. The van der Waals surface area contributed by atoms with Gasteiger partial charge in [-0.3, -0.25) is 9.78 Å². The van der Waals surface area contributed by atoms with Crippen LogP contribution in [0.15, 0.2) is 52.4 Å². The summed E-state index contributed by atoms with van der Waals surface area (Å²) in [5, 5.41) is 0. The van der Waals surface area contributed by atoms with Gasteiger partial charge in [-0.25, -0.2) is 0 Å². The maximum atomic E-state index is 12.8. The van der Waals surface area contributed by atoms with Gasteiger partial charge in [-0.2, -0.15) is 0 Å². The van der Waals surface area contributed by atoms with E-state index in [2.05, 4.69) is 4.98 Å². The van der Waals surface area contributed by atoms with E-state index in [0.29, 0.717) is 0 Å². The van der Waals surface area contributed by atoms with Gasteiger partial charge in [-0.05, 0) is 37.0 Å². The average molecular weight is 327 g/mol. The van der Waals surface area contributed by atoms with E-state index in [-0.39, 0.29) is 5.78 Å². The van der Waals surface area contributed by atoms with Crippen LogP contribution >= 0.6 is 23.5 Å². The van der Waals surface area contributed by atoms with E-state index >= 15 is 0 Å². The summed E-state index contributed by atoms with van der Waals surface area (Å²) in [6.45, 7) is 0. The average Bonchev–Trinajstić information content (AvgIpc) is 2.58. The van der Waals surface area contributed by atoms with Crippen molar-refractivity contribution in [3.8, 4) is 11.1 Å². The van der Waals surface area contributed by atoms with Crippen LogP contribution in [-0.4, -0.2) is 23.3 Å². The van der Waals surface area contributed by atoms with Gasteiger partial charge in [0.15, 0.2) is 5.78 Å². The largest absolute Gasteiger partial charge is 0.289 e. The van der Waals surface area contributed by atoms with E-state index in [4.69, 9.17) is 0 Å². The van der Waals surface area contributed by atoms with Gasteiger partial charge in [-0.15, -0.1) is 23.5 Å². The van der Waals surface area contributed by atoms with E-state index in [1.807, 2.05) is 55.1 Å². The lowest BCUT2D eigenvalue weighted by Gasteiger charge is -2.19. The molecule has 4 heteroatoms. The molecule has 0 bridgehead atoms. The van der Waals surface area contributed by atoms with Crippen LogP contribution in [0.5, 0.6) is 0 Å². The van der Waals surface area contributed by atoms with Crippen LogP contribution in [0.4, 0.5) is 0 Å². The van der Waals surface area contributed by atoms with Crippen LogP contribution in [0.3, 0.4) is 0 Å². The molecule has 0 N–H and O–H groups in total. The lowest BCUT2D eigenvalue weighted by atomic mass is 9.89. The van der Waals surface area contributed by atoms with Gasteiger partial charge < -0.3 is 0 Å². The number of hydrogen-bond acceptors (Lipinski definition) is 4. The van der Waals surface area contributed by atoms with Crippen LogP contribution in [0, 0.1) is 0 Å². The fourth-order valence-electron chi connectivity index (χ4n) is 2.72. The molecule has 2 aromatic rings. The molecule has 0 aliphatic heterocycles. The Morgan fingerprint density at radius 3 is 2.45 bits per heavy atom. The van der Waals surface area contributed by atoms with E-state index in [0.717, 1.165) is 45.0 Å². The number of aromatic nitrogens is 1. The first-order valence-corrected chi connectivity index (χ1v) is 9.59. The smallest absolute Gasteiger partial charge is 0.192 e. The zero-order chi connectivity index (χ0) is 15.5. The third-order valence-corrected chi connectivity index (χ3v) is 6.06. The second-order valence-corrected chi connectivity index (χ2v) is 6.98. The fraction of sp³-hybridized carbons (Fsp3) is 0.222. The van der Waals surface area contributed by atoms with Crippen molar-refractivity contribution < 1.29 is 4.79 Å². The van der Waals surface area contributed by atoms with Gasteiger partial charge in [0.1, 0.15) is 0 Å². The molecule has 0 spiro atoms. The number of rotatable bonds is 3. The fourth-order valence-corrected chi connectivity index (χ4v) is 4.27. The number of aryl methyl sites for hydroxylation is 1. The summed E-state index contributed by atoms with van der Waals surface area (Å²) in [4.78, 5) is 17.4. The van der Waals surface area contributed by atoms with Crippen molar-refractivity contribution in [1.29, 1.82) is 0 Å². The number of benzene rings is 1. The van der Waals surface area contributed by atoms with Crippen LogP contribution < -0.4 is 0 Å². The molecule has 1 aromatic heterocycles. The van der Waals surface area contributed by atoms with Crippen molar-refractivity contribution >= 4 is 29.3 Å². The molecule has 0 fully saturated rings. The van der Waals surface area contributed by atoms with Gasteiger partial charge in [0.05, 0.1) is 5.69 Å². The highest BCUT2D eigenvalue weighted by Crippen LogP contribution is 2.35. The molecular weight excluding hydrogens is 310 g/mol. The van der Waals surface area contributed by atoms with Crippen molar-refractivity contribution in [1.82, 2.24) is 4.98 Å². The lowest BCUT2D eigenvalue weighted by molar-refractivity contribution is 0.102. The highest BCUT2D eigenvalue weighted by Gasteiger charge is 2.26. The minimum atomic E-state index is 0.144. The summed E-state index contributed by atoms with van der Waals surface area (Å²) in [6, 6.07) is 12.1. The molecule has 0 amide bonds. The number of thioether (sulfide) groups is 2. The monoisotopic (exact) mass is 327 g/mol. The number of ketones is 1. The number of hydrogen-bond donors (Lipinski definition) is 0. The zero-order valence-electron chi connectivity index (χ0n) is 12.6. The second kappa shape index (κ2) is 6.71. The maximum Gasteiger partial charge on any atom is 0.192 e. The Morgan fingerprint density at radius 1 is 1.05 bits per heavy atom. The Balaban J connectivity index is 2.06. The normalized spacial score (nSPS) is 13.9. The molecule has 22 heavy (non-hydrogen) atoms. The number of pyridine rings is 1. The van der Waals surface area contributed by atoms with Crippen LogP contribution in [-0.2, 0) is 6.42 Å². The third-order valence-electron chi connectivity index (χ3n) is 3.83. The molecule has 0 atom stereocenters. The molecule has 0 radical (unpaired) electrons. The van der Waals surface area contributed by atoms with Gasteiger partial charge >= 0.3 is 0 Å². The number of carbonyl (C=O) groups is 1. The lowest BCUT2D eigenvalue weighted by Crippen LogP contribution is -2.16. The summed E-state index contributed by atoms with van der Waals surface area (Å²) in [5.74, 6) is 0.144. The molecule has 1 aliphatic rings. The summed E-state index contributed by atoms with van der Waals surface area (Å²) >= 11 is 3.31. The van der Waals surface area contributed by atoms with Crippen LogP contribution in [0.25, 0.3) is 11.1 Å². The molecule has 1 aromatic carbocycles. The molecule has 0 saturated heterocycles. The molecular formula is C18H17NOS2. The first-order valence-electron chi connectivity index (χ1n) is 7.14. The molecule has 1 heterocycles. The predicted octanol–water partition coefficient (Wildman–Crippen LogP) is 4.82. The number of allylic oxidation sites excluding steroid dienone is 1. The van der Waals surface area contributed by atoms with Gasteiger partial charge in [-0.1, -0.05) is 30.3 Å². The standard InChI is InChI=1S/C18H17NOS2/c1-21-18(22-2)14-8-9-16-15(17(14)20)10-13(11-19-16)12-6-4-3-5-7-12/h3-7,10-11H,8-9H2,1-2H3. The van der Waals surface area contributed by atoms with Gasteiger partial charge in [0, 0.05) is 27.1 Å². The summed E-state index contributed by atoms with van der Waals surface area (Å²) in [6.07, 6.45) is 7.57. The second-order valence-electron chi connectivity index (χ2n) is 5.09. The quantitative estimate of drug-likeness (QED) is 0.756. The third kappa shape index (κ3) is 2.85. The van der Waals surface area contributed by atoms with Crippen LogP contribution in [0.1, 0.15) is 22.5 Å². The van der Waals surface area contributed by atoms with Gasteiger partial charge in [0.2, 0.25) is 0 Å². The zero-order valence-corrected chi connectivity index (χ0v) is 14.3. The van der Waals surface area contributed by atoms with E-state index in [1.165, 1.54) is 0 Å². The number of fused-ring (bicyclic) bond motifs is 1. The molecule has 0 unspecified atom stereocenters. The Kier molecular flexibility index (Phi) is 4.69. The molecule has 3 rings (SSSR count). The summed E-state index contributed by atoms with van der Waals surface area (Å²) in [5.41, 5.74) is 4.73. The predicted molar refractivity (Wildman–Crippen MR) is 96.4 cm³/mol. The Labute approximate surface area is 139 Å². The summed E-state index contributed by atoms with van der Waals surface area (Å²) in [7, 11) is 0. The first-order chi connectivity index (χ1) is 10.7. The molecule has 0 saturated carbocycles. The molecule has 112 valence electrons. The van der Waals surface area contributed by atoms with E-state index in [9.17, 15) is 4.79 Å². The Bertz CT molecular complexity index is 732. The van der Waals surface area contributed by atoms with Crippen molar-refractivity contribution in [3.05, 3.63) is 63.7 Å². The molecule has 2 nitrogen and oxygen atoms in total. The number of nitrogens with zero attached hydrogens (tertiary/aromatic N) is 1. The topological polar surface area (TPSA) is 30.0 Å². The first kappa shape index (κ1) is 15.4. The van der Waals surface area contributed by atoms with Crippen molar-refractivity contribution in [3.63, 3.8) is 0 Å². The van der Waals surface area contributed by atoms with E-state index < -0.39 is 0 Å². The minimum absolute atomic E-state index is 0.144. The minimum Gasteiger partial charge on any atom is -0.289 e. The van der Waals surface area contributed by atoms with Crippen molar-refractivity contribution in [2.24, 2.45) is 0 Å². The Hall–Kier alpha value is -1.52. The van der Waals surface area contributed by atoms with E-state index in [1.54, 1.807) is 23.5 Å². The number of carbonyl (C=O) groups excluding carboxylic acids is 1. The van der Waals surface area contributed by atoms with Crippen molar-refractivity contribution in [2.45, 2.75) is 12.8 Å². The highest BCUT2D eigenvalue weighted by molar-refractivity contribution is 8.21. The highest BCUT2D eigenvalue weighted by atomic mass is 32.2. The number of Topliss-reactive ketones (excluding diaryl/α,β-unsaturated/α-hetero) is 1. The summed E-state index contributed by atoms with van der Waals surface area (Å²) < 4.78 is 1.13. The van der Waals surface area contributed by atoms with Gasteiger partial charge in [0.25, 0.3) is 0 Å².